The Morgan fingerprint density at radius 2 is 1.74 bits per heavy atom. The molecule has 1 heterocycles. The molecule has 0 fully saturated rings. The zero-order valence-corrected chi connectivity index (χ0v) is 19.0. The third-order valence-corrected chi connectivity index (χ3v) is 5.51. The molecule has 0 N–H and O–H groups in total. The Morgan fingerprint density at radius 1 is 0.968 bits per heavy atom. The molecule has 164 valence electrons. The van der Waals surface area contributed by atoms with Crippen molar-refractivity contribution in [2.75, 3.05) is 6.61 Å². The van der Waals surface area contributed by atoms with Gasteiger partial charge in [0.1, 0.15) is 6.04 Å². The Labute approximate surface area is 186 Å². The minimum atomic E-state index is -0.257. The first kappa shape index (κ1) is 22.8. The molecule has 0 saturated heterocycles. The summed E-state index contributed by atoms with van der Waals surface area (Å²) in [4.78, 5) is 15.1. The first-order valence-electron chi connectivity index (χ1n) is 11.2. The highest BCUT2D eigenvalue weighted by molar-refractivity contribution is 5.75. The molecule has 1 aromatic heterocycles. The summed E-state index contributed by atoms with van der Waals surface area (Å²) in [6.07, 6.45) is 3.83. The quantitative estimate of drug-likeness (QED) is 0.381. The third kappa shape index (κ3) is 6.56. The lowest BCUT2D eigenvalue weighted by atomic mass is 10.1. The van der Waals surface area contributed by atoms with E-state index in [9.17, 15) is 4.79 Å². The van der Waals surface area contributed by atoms with Gasteiger partial charge >= 0.3 is 5.97 Å². The first-order chi connectivity index (χ1) is 15.1. The standard InChI is InChI=1S/C27H34N2O2/c1-4-11-26(27(30)31-5-2)29(19-23-13-7-6-8-14-23)21-25-16-10-17-28(25)20-24-15-9-12-22(3)18-24/h6-10,12-18,26H,4-5,11,19-21H2,1-3H3/t26-/m0/s1. The van der Waals surface area contributed by atoms with Gasteiger partial charge in [-0.1, -0.05) is 73.5 Å². The number of hydrogen-bond donors (Lipinski definition) is 0. The minimum absolute atomic E-state index is 0.128. The topological polar surface area (TPSA) is 34.5 Å². The summed E-state index contributed by atoms with van der Waals surface area (Å²) < 4.78 is 7.72. The van der Waals surface area contributed by atoms with E-state index in [4.69, 9.17) is 4.74 Å². The fourth-order valence-electron chi connectivity index (χ4n) is 4.02. The van der Waals surface area contributed by atoms with Crippen molar-refractivity contribution in [1.29, 1.82) is 0 Å². The van der Waals surface area contributed by atoms with Gasteiger partial charge in [-0.3, -0.25) is 9.69 Å². The van der Waals surface area contributed by atoms with E-state index < -0.39 is 0 Å². The maximum atomic E-state index is 12.8. The van der Waals surface area contributed by atoms with Gasteiger partial charge in [0.25, 0.3) is 0 Å². The summed E-state index contributed by atoms with van der Waals surface area (Å²) in [6.45, 7) is 8.74. The number of aromatic nitrogens is 1. The Kier molecular flexibility index (Phi) is 8.48. The van der Waals surface area contributed by atoms with E-state index in [1.165, 1.54) is 22.4 Å². The summed E-state index contributed by atoms with van der Waals surface area (Å²) in [6, 6.07) is 23.0. The van der Waals surface area contributed by atoms with Crippen molar-refractivity contribution in [3.8, 4) is 0 Å². The van der Waals surface area contributed by atoms with Gasteiger partial charge in [0.2, 0.25) is 0 Å². The summed E-state index contributed by atoms with van der Waals surface area (Å²) in [5.74, 6) is -0.128. The van der Waals surface area contributed by atoms with Crippen LogP contribution in [0.3, 0.4) is 0 Å². The second-order valence-corrected chi connectivity index (χ2v) is 8.06. The Morgan fingerprint density at radius 3 is 2.45 bits per heavy atom. The van der Waals surface area contributed by atoms with Crippen LogP contribution in [0, 0.1) is 6.92 Å². The van der Waals surface area contributed by atoms with Gasteiger partial charge in [0, 0.05) is 31.5 Å². The maximum Gasteiger partial charge on any atom is 0.323 e. The molecular formula is C27H34N2O2. The molecule has 31 heavy (non-hydrogen) atoms. The van der Waals surface area contributed by atoms with E-state index in [0.717, 1.165) is 19.4 Å². The number of aryl methyl sites for hydroxylation is 1. The normalized spacial score (nSPS) is 12.1. The molecule has 0 amide bonds. The Hall–Kier alpha value is -2.85. The van der Waals surface area contributed by atoms with Crippen molar-refractivity contribution in [3.05, 3.63) is 95.3 Å². The van der Waals surface area contributed by atoms with E-state index in [-0.39, 0.29) is 12.0 Å². The summed E-state index contributed by atoms with van der Waals surface area (Å²) in [7, 11) is 0. The van der Waals surface area contributed by atoms with Crippen LogP contribution in [0.25, 0.3) is 0 Å². The van der Waals surface area contributed by atoms with Crippen molar-refractivity contribution in [2.45, 2.75) is 59.3 Å². The number of benzene rings is 2. The fourth-order valence-corrected chi connectivity index (χ4v) is 4.02. The molecule has 0 aliphatic carbocycles. The Balaban J connectivity index is 1.86. The van der Waals surface area contributed by atoms with Crippen LogP contribution < -0.4 is 0 Å². The van der Waals surface area contributed by atoms with E-state index in [0.29, 0.717) is 19.7 Å². The van der Waals surface area contributed by atoms with E-state index in [1.807, 2.05) is 25.1 Å². The smallest absolute Gasteiger partial charge is 0.323 e. The average molecular weight is 419 g/mol. The molecule has 4 heteroatoms. The average Bonchev–Trinajstić information content (AvgIpc) is 3.19. The molecule has 0 aliphatic heterocycles. The van der Waals surface area contributed by atoms with E-state index >= 15 is 0 Å². The number of carbonyl (C=O) groups is 1. The number of nitrogens with zero attached hydrogens (tertiary/aromatic N) is 2. The largest absolute Gasteiger partial charge is 0.465 e. The maximum absolute atomic E-state index is 12.8. The van der Waals surface area contributed by atoms with Gasteiger partial charge in [-0.05, 0) is 43.5 Å². The van der Waals surface area contributed by atoms with Gasteiger partial charge in [-0.25, -0.2) is 0 Å². The van der Waals surface area contributed by atoms with Crippen LogP contribution in [0.5, 0.6) is 0 Å². The molecule has 0 bridgehead atoms. The van der Waals surface area contributed by atoms with Crippen LogP contribution in [0.1, 0.15) is 49.1 Å². The summed E-state index contributed by atoms with van der Waals surface area (Å²) in [5.41, 5.74) is 4.94. The molecule has 0 aliphatic rings. The van der Waals surface area contributed by atoms with Gasteiger partial charge in [0.15, 0.2) is 0 Å². The molecular weight excluding hydrogens is 384 g/mol. The van der Waals surface area contributed by atoms with Crippen molar-refractivity contribution in [3.63, 3.8) is 0 Å². The van der Waals surface area contributed by atoms with E-state index in [2.05, 4.69) is 78.0 Å². The first-order valence-corrected chi connectivity index (χ1v) is 11.2. The van der Waals surface area contributed by atoms with Crippen LogP contribution in [0.15, 0.2) is 72.9 Å². The van der Waals surface area contributed by atoms with Crippen molar-refractivity contribution >= 4 is 5.97 Å². The van der Waals surface area contributed by atoms with Crippen LogP contribution >= 0.6 is 0 Å². The lowest BCUT2D eigenvalue weighted by molar-refractivity contribution is -0.150. The highest BCUT2D eigenvalue weighted by atomic mass is 16.5. The molecule has 0 unspecified atom stereocenters. The zero-order chi connectivity index (χ0) is 22.1. The van der Waals surface area contributed by atoms with Gasteiger partial charge in [-0.2, -0.15) is 0 Å². The highest BCUT2D eigenvalue weighted by Gasteiger charge is 2.27. The van der Waals surface area contributed by atoms with E-state index in [1.54, 1.807) is 0 Å². The predicted molar refractivity (Wildman–Crippen MR) is 126 cm³/mol. The highest BCUT2D eigenvalue weighted by Crippen LogP contribution is 2.19. The van der Waals surface area contributed by atoms with Gasteiger partial charge < -0.3 is 9.30 Å². The van der Waals surface area contributed by atoms with Crippen LogP contribution in [0.2, 0.25) is 0 Å². The van der Waals surface area contributed by atoms with Crippen molar-refractivity contribution in [2.24, 2.45) is 0 Å². The number of hydrogen-bond acceptors (Lipinski definition) is 3. The molecule has 3 rings (SSSR count). The van der Waals surface area contributed by atoms with Gasteiger partial charge in [0.05, 0.1) is 6.61 Å². The molecule has 0 radical (unpaired) electrons. The predicted octanol–water partition coefficient (Wildman–Crippen LogP) is 5.58. The van der Waals surface area contributed by atoms with Crippen LogP contribution in [0.4, 0.5) is 0 Å². The number of ether oxygens (including phenoxy) is 1. The van der Waals surface area contributed by atoms with Crippen molar-refractivity contribution in [1.82, 2.24) is 9.47 Å². The lowest BCUT2D eigenvalue weighted by Gasteiger charge is -2.30. The minimum Gasteiger partial charge on any atom is -0.465 e. The Bertz CT molecular complexity index is 949. The molecule has 3 aromatic rings. The summed E-state index contributed by atoms with van der Waals surface area (Å²) >= 11 is 0. The van der Waals surface area contributed by atoms with Crippen LogP contribution in [-0.4, -0.2) is 28.1 Å². The molecule has 4 nitrogen and oxygen atoms in total. The number of carbonyl (C=O) groups excluding carboxylic acids is 1. The van der Waals surface area contributed by atoms with Crippen molar-refractivity contribution < 1.29 is 9.53 Å². The lowest BCUT2D eigenvalue weighted by Crippen LogP contribution is -2.41. The molecule has 0 saturated carbocycles. The second kappa shape index (κ2) is 11.5. The molecule has 1 atom stereocenters. The third-order valence-electron chi connectivity index (χ3n) is 5.51. The fraction of sp³-hybridized carbons (Fsp3) is 0.370. The van der Waals surface area contributed by atoms with Crippen LogP contribution in [-0.2, 0) is 29.2 Å². The van der Waals surface area contributed by atoms with Gasteiger partial charge in [-0.15, -0.1) is 0 Å². The number of rotatable bonds is 11. The SMILES string of the molecule is CCC[C@@H](C(=O)OCC)N(Cc1ccccc1)Cc1cccn1Cc1cccc(C)c1. The second-order valence-electron chi connectivity index (χ2n) is 8.06. The number of esters is 1. The molecule has 2 aromatic carbocycles. The monoisotopic (exact) mass is 418 g/mol. The zero-order valence-electron chi connectivity index (χ0n) is 19.0. The summed E-state index contributed by atoms with van der Waals surface area (Å²) in [5, 5.41) is 0. The molecule has 0 spiro atoms.